The van der Waals surface area contributed by atoms with Crippen LogP contribution in [0.15, 0.2) is 46.9 Å². The summed E-state index contributed by atoms with van der Waals surface area (Å²) < 4.78 is 2.55. The first kappa shape index (κ1) is 15.4. The van der Waals surface area contributed by atoms with Crippen LogP contribution in [0.25, 0.3) is 16.9 Å². The Hall–Kier alpha value is -2.47. The first-order valence-corrected chi connectivity index (χ1v) is 7.79. The van der Waals surface area contributed by atoms with Crippen LogP contribution in [0.2, 0.25) is 0 Å². The van der Waals surface area contributed by atoms with Gasteiger partial charge in [-0.2, -0.15) is 0 Å². The summed E-state index contributed by atoms with van der Waals surface area (Å²) in [6, 6.07) is 13.3. The van der Waals surface area contributed by atoms with E-state index in [9.17, 15) is 9.90 Å². The van der Waals surface area contributed by atoms with Gasteiger partial charge in [0.25, 0.3) is 0 Å². The lowest BCUT2D eigenvalue weighted by Crippen LogP contribution is -2.03. The Kier molecular flexibility index (Phi) is 4.00. The van der Waals surface area contributed by atoms with Crippen LogP contribution < -0.4 is 0 Å². The van der Waals surface area contributed by atoms with Crippen molar-refractivity contribution in [3.05, 3.63) is 63.8 Å². The summed E-state index contributed by atoms with van der Waals surface area (Å²) in [4.78, 5) is 11.5. The molecule has 5 nitrogen and oxygen atoms in total. The molecule has 0 unspecified atom stereocenters. The van der Waals surface area contributed by atoms with Crippen LogP contribution in [0.3, 0.4) is 0 Å². The summed E-state index contributed by atoms with van der Waals surface area (Å²) in [5.74, 6) is -1.10. The second-order valence-electron chi connectivity index (χ2n) is 5.30. The fourth-order valence-electron chi connectivity index (χ4n) is 2.34. The molecular formula is C17H14BrN3O2. The minimum absolute atomic E-state index is 0.0607. The van der Waals surface area contributed by atoms with Gasteiger partial charge >= 0.3 is 5.97 Å². The van der Waals surface area contributed by atoms with Crippen molar-refractivity contribution in [3.63, 3.8) is 0 Å². The summed E-state index contributed by atoms with van der Waals surface area (Å²) in [7, 11) is 0. The maximum Gasteiger partial charge on any atom is 0.358 e. The maximum atomic E-state index is 11.5. The highest BCUT2D eigenvalue weighted by molar-refractivity contribution is 9.10. The molecule has 0 amide bonds. The first-order chi connectivity index (χ1) is 11.0. The van der Waals surface area contributed by atoms with Gasteiger partial charge in [0.2, 0.25) is 0 Å². The Labute approximate surface area is 141 Å². The fourth-order valence-corrected chi connectivity index (χ4v) is 2.58. The monoisotopic (exact) mass is 371 g/mol. The summed E-state index contributed by atoms with van der Waals surface area (Å²) in [6.45, 7) is 3.95. The van der Waals surface area contributed by atoms with Crippen LogP contribution >= 0.6 is 15.9 Å². The van der Waals surface area contributed by atoms with Crippen molar-refractivity contribution < 1.29 is 9.90 Å². The summed E-state index contributed by atoms with van der Waals surface area (Å²) in [5, 5.41) is 17.3. The van der Waals surface area contributed by atoms with Gasteiger partial charge in [0, 0.05) is 10.0 Å². The van der Waals surface area contributed by atoms with Gasteiger partial charge in [0.1, 0.15) is 5.69 Å². The lowest BCUT2D eigenvalue weighted by atomic mass is 10.1. The van der Waals surface area contributed by atoms with Crippen LogP contribution in [-0.4, -0.2) is 26.1 Å². The lowest BCUT2D eigenvalue weighted by molar-refractivity contribution is 0.0691. The van der Waals surface area contributed by atoms with Gasteiger partial charge in [-0.15, -0.1) is 5.10 Å². The Morgan fingerprint density at radius 2 is 1.83 bits per heavy atom. The number of aromatic nitrogens is 3. The number of nitrogens with zero attached hydrogens (tertiary/aromatic N) is 3. The molecule has 0 atom stereocenters. The van der Waals surface area contributed by atoms with E-state index in [1.165, 1.54) is 0 Å². The third-order valence-electron chi connectivity index (χ3n) is 3.58. The zero-order valence-corrected chi connectivity index (χ0v) is 14.2. The molecular weight excluding hydrogens is 358 g/mol. The largest absolute Gasteiger partial charge is 0.476 e. The molecule has 0 aliphatic heterocycles. The molecule has 23 heavy (non-hydrogen) atoms. The van der Waals surface area contributed by atoms with E-state index in [1.54, 1.807) is 4.68 Å². The second kappa shape index (κ2) is 5.96. The average molecular weight is 372 g/mol. The maximum absolute atomic E-state index is 11.5. The van der Waals surface area contributed by atoms with Crippen molar-refractivity contribution in [1.29, 1.82) is 0 Å². The van der Waals surface area contributed by atoms with E-state index in [0.29, 0.717) is 5.69 Å². The van der Waals surface area contributed by atoms with Crippen molar-refractivity contribution in [2.24, 2.45) is 0 Å². The van der Waals surface area contributed by atoms with E-state index in [-0.39, 0.29) is 5.69 Å². The zero-order chi connectivity index (χ0) is 16.6. The number of carboxylic acid groups (broad SMARTS) is 1. The van der Waals surface area contributed by atoms with Crippen molar-refractivity contribution in [1.82, 2.24) is 15.0 Å². The quantitative estimate of drug-likeness (QED) is 0.754. The van der Waals surface area contributed by atoms with Crippen LogP contribution in [-0.2, 0) is 0 Å². The third-order valence-corrected chi connectivity index (χ3v) is 4.47. The number of carbonyl (C=O) groups is 1. The molecule has 0 spiro atoms. The van der Waals surface area contributed by atoms with Crippen molar-refractivity contribution in [2.75, 3.05) is 0 Å². The summed E-state index contributed by atoms with van der Waals surface area (Å²) in [6.07, 6.45) is 0. The zero-order valence-electron chi connectivity index (χ0n) is 12.6. The SMILES string of the molecule is Cc1ccc(-c2c(C(=O)O)nnn2-c2ccc(Br)c(C)c2)cc1. The number of aromatic carboxylic acids is 1. The Morgan fingerprint density at radius 3 is 2.43 bits per heavy atom. The summed E-state index contributed by atoms with van der Waals surface area (Å²) >= 11 is 3.46. The lowest BCUT2D eigenvalue weighted by Gasteiger charge is -2.09. The van der Waals surface area contributed by atoms with Gasteiger partial charge < -0.3 is 5.11 Å². The molecule has 0 saturated heterocycles. The predicted octanol–water partition coefficient (Wildman–Crippen LogP) is 4.01. The van der Waals surface area contributed by atoms with Crippen LogP contribution in [0.1, 0.15) is 21.6 Å². The Balaban J connectivity index is 2.23. The molecule has 1 N–H and O–H groups in total. The average Bonchev–Trinajstić information content (AvgIpc) is 2.96. The molecule has 1 aromatic heterocycles. The molecule has 0 aliphatic carbocycles. The van der Waals surface area contributed by atoms with Crippen molar-refractivity contribution in [2.45, 2.75) is 13.8 Å². The van der Waals surface area contributed by atoms with E-state index >= 15 is 0 Å². The van der Waals surface area contributed by atoms with Crippen molar-refractivity contribution in [3.8, 4) is 16.9 Å². The normalized spacial score (nSPS) is 10.7. The standard InChI is InChI=1S/C17H14BrN3O2/c1-10-3-5-12(6-4-10)16-15(17(22)23)19-20-21(16)13-7-8-14(18)11(2)9-13/h3-9H,1-2H3,(H,22,23). The predicted molar refractivity (Wildman–Crippen MR) is 90.9 cm³/mol. The molecule has 116 valence electrons. The van der Waals surface area contributed by atoms with E-state index in [2.05, 4.69) is 26.2 Å². The minimum Gasteiger partial charge on any atom is -0.476 e. The van der Waals surface area contributed by atoms with E-state index in [0.717, 1.165) is 26.9 Å². The van der Waals surface area contributed by atoms with Gasteiger partial charge in [0.05, 0.1) is 5.69 Å². The molecule has 6 heteroatoms. The molecule has 0 aliphatic rings. The van der Waals surface area contributed by atoms with Gasteiger partial charge in [-0.05, 0) is 37.6 Å². The van der Waals surface area contributed by atoms with Gasteiger partial charge in [-0.1, -0.05) is 51.0 Å². The van der Waals surface area contributed by atoms with Crippen molar-refractivity contribution >= 4 is 21.9 Å². The molecule has 3 aromatic rings. The number of benzene rings is 2. The number of aryl methyl sites for hydroxylation is 2. The van der Waals surface area contributed by atoms with Crippen LogP contribution in [0.4, 0.5) is 0 Å². The van der Waals surface area contributed by atoms with E-state index < -0.39 is 5.97 Å². The fraction of sp³-hybridized carbons (Fsp3) is 0.118. The van der Waals surface area contributed by atoms with E-state index in [4.69, 9.17) is 0 Å². The summed E-state index contributed by atoms with van der Waals surface area (Å²) in [5.41, 5.74) is 4.07. The Bertz CT molecular complexity index is 885. The molecule has 0 radical (unpaired) electrons. The molecule has 1 heterocycles. The number of carboxylic acids is 1. The van der Waals surface area contributed by atoms with Crippen LogP contribution in [0.5, 0.6) is 0 Å². The third kappa shape index (κ3) is 2.90. The number of hydrogen-bond acceptors (Lipinski definition) is 3. The topological polar surface area (TPSA) is 68.0 Å². The van der Waals surface area contributed by atoms with Gasteiger partial charge in [-0.25, -0.2) is 9.48 Å². The molecule has 2 aromatic carbocycles. The number of halogens is 1. The molecule has 0 saturated carbocycles. The second-order valence-corrected chi connectivity index (χ2v) is 6.16. The smallest absolute Gasteiger partial charge is 0.358 e. The number of hydrogen-bond donors (Lipinski definition) is 1. The molecule has 0 fully saturated rings. The number of rotatable bonds is 3. The molecule has 3 rings (SSSR count). The highest BCUT2D eigenvalue weighted by Gasteiger charge is 2.21. The molecule has 0 bridgehead atoms. The van der Waals surface area contributed by atoms with Crippen LogP contribution in [0, 0.1) is 13.8 Å². The minimum atomic E-state index is -1.10. The highest BCUT2D eigenvalue weighted by atomic mass is 79.9. The van der Waals surface area contributed by atoms with E-state index in [1.807, 2.05) is 56.3 Å². The highest BCUT2D eigenvalue weighted by Crippen LogP contribution is 2.27. The van der Waals surface area contributed by atoms with Gasteiger partial charge in [-0.3, -0.25) is 0 Å². The first-order valence-electron chi connectivity index (χ1n) is 7.00. The Morgan fingerprint density at radius 1 is 1.13 bits per heavy atom. The van der Waals surface area contributed by atoms with Gasteiger partial charge in [0.15, 0.2) is 5.69 Å².